The Morgan fingerprint density at radius 1 is 1.23 bits per heavy atom. The predicted octanol–water partition coefficient (Wildman–Crippen LogP) is -0.504. The summed E-state index contributed by atoms with van der Waals surface area (Å²) in [4.78, 5) is 42.9. The fraction of sp³-hybridized carbons (Fsp3) is 0.458. The Morgan fingerprint density at radius 2 is 2.00 bits per heavy atom. The van der Waals surface area contributed by atoms with E-state index in [1.54, 1.807) is 24.0 Å². The van der Waals surface area contributed by atoms with Crippen LogP contribution >= 0.6 is 0 Å². The Hall–Kier alpha value is -4.18. The van der Waals surface area contributed by atoms with Gasteiger partial charge in [0.05, 0.1) is 11.4 Å². The molecule has 2 aromatic rings. The number of sulfonamides is 1. The van der Waals surface area contributed by atoms with E-state index in [1.807, 2.05) is 0 Å². The van der Waals surface area contributed by atoms with E-state index in [0.717, 1.165) is 24.6 Å². The molecule has 5 N–H and O–H groups in total. The molecule has 0 aliphatic carbocycles. The molecule has 0 fully saturated rings. The minimum atomic E-state index is -4.15. The summed E-state index contributed by atoms with van der Waals surface area (Å²) in [6.07, 6.45) is 0.327. The van der Waals surface area contributed by atoms with Crippen LogP contribution in [-0.4, -0.2) is 97.4 Å². The molecule has 0 unspecified atom stereocenters. The lowest BCUT2D eigenvalue weighted by Crippen LogP contribution is -2.48. The first-order chi connectivity index (χ1) is 19.1. The van der Waals surface area contributed by atoms with Crippen LogP contribution in [-0.2, 0) is 21.4 Å². The van der Waals surface area contributed by atoms with E-state index >= 15 is 0 Å². The number of rotatable bonds is 11. The zero-order valence-electron chi connectivity index (χ0n) is 21.9. The van der Waals surface area contributed by atoms with E-state index < -0.39 is 34.7 Å². The Labute approximate surface area is 231 Å². The number of aliphatic carboxylic acids is 1. The van der Waals surface area contributed by atoms with Gasteiger partial charge in [-0.15, -0.1) is 5.10 Å². The molecule has 1 aromatic carbocycles. The number of carbonyl (C=O) groups is 3. The van der Waals surface area contributed by atoms with Gasteiger partial charge in [-0.05, 0) is 31.9 Å². The van der Waals surface area contributed by atoms with Gasteiger partial charge in [-0.1, -0.05) is 17.7 Å². The third-order valence-corrected chi connectivity index (χ3v) is 7.70. The first kappa shape index (κ1) is 28.8. The maximum atomic E-state index is 13.1. The summed E-state index contributed by atoms with van der Waals surface area (Å²) in [6, 6.07) is 5.56. The lowest BCUT2D eigenvalue weighted by atomic mass is 10.2. The van der Waals surface area contributed by atoms with Gasteiger partial charge >= 0.3 is 12.1 Å². The van der Waals surface area contributed by atoms with Crippen molar-refractivity contribution in [1.82, 2.24) is 35.4 Å². The fourth-order valence-electron chi connectivity index (χ4n) is 4.14. The van der Waals surface area contributed by atoms with Gasteiger partial charge in [-0.25, -0.2) is 13.2 Å². The largest absolute Gasteiger partial charge is 0.480 e. The average molecular weight is 577 g/mol. The number of aliphatic imine (C=N–C) groups is 1. The van der Waals surface area contributed by atoms with Crippen LogP contribution in [0.4, 0.5) is 4.79 Å². The third-order valence-electron chi connectivity index (χ3n) is 6.21. The summed E-state index contributed by atoms with van der Waals surface area (Å²) < 4.78 is 33.8. The van der Waals surface area contributed by atoms with Crippen LogP contribution in [0.2, 0.25) is 0 Å². The maximum absolute atomic E-state index is 13.1. The molecule has 0 bridgehead atoms. The number of amides is 2. The molecule has 0 saturated carbocycles. The highest BCUT2D eigenvalue weighted by molar-refractivity contribution is 7.89. The molecule has 16 heteroatoms. The number of aromatic nitrogens is 2. The SMILES string of the molecule is Cc1ccc(S(=O)(=O)N[C@@H](CNC(=O)Oc2cc3n(n2)CCCN(CCCNC2=NCCN2)C3=O)C(=O)O)cc1. The van der Waals surface area contributed by atoms with Gasteiger partial charge in [0.25, 0.3) is 5.91 Å². The monoisotopic (exact) mass is 576 g/mol. The van der Waals surface area contributed by atoms with Gasteiger partial charge in [0.1, 0.15) is 11.7 Å². The second kappa shape index (κ2) is 12.8. The lowest BCUT2D eigenvalue weighted by Gasteiger charge is -2.20. The summed E-state index contributed by atoms with van der Waals surface area (Å²) in [6.45, 7) is 4.94. The van der Waals surface area contributed by atoms with Crippen molar-refractivity contribution in [2.75, 3.05) is 39.3 Å². The quantitative estimate of drug-likeness (QED) is 0.217. The Morgan fingerprint density at radius 3 is 2.70 bits per heavy atom. The zero-order chi connectivity index (χ0) is 28.7. The number of nitrogens with one attached hydrogen (secondary N) is 4. The number of carboxylic acid groups (broad SMARTS) is 1. The van der Waals surface area contributed by atoms with Crippen molar-refractivity contribution in [2.45, 2.75) is 37.2 Å². The standard InChI is InChI=1S/C24H32N8O7S/c1-16-4-6-17(7-5-16)40(37,38)30-18(22(34)35)15-28-24(36)39-20-14-19-21(33)31(12-3-13-32(19)29-20)11-2-8-25-23-26-9-10-27-23/h4-7,14,18,30H,2-3,8-13,15H2,1H3,(H,28,36)(H,34,35)(H2,25,26,27)/t18-/m0/s1. The minimum absolute atomic E-state index is 0.110. The first-order valence-electron chi connectivity index (χ1n) is 12.8. The van der Waals surface area contributed by atoms with Crippen LogP contribution in [0.15, 0.2) is 40.2 Å². The fourth-order valence-corrected chi connectivity index (χ4v) is 5.32. The molecule has 1 atom stereocenters. The van der Waals surface area contributed by atoms with Crippen LogP contribution in [0.1, 0.15) is 28.9 Å². The smallest absolute Gasteiger partial charge is 0.414 e. The number of hydrogen-bond donors (Lipinski definition) is 5. The van der Waals surface area contributed by atoms with Crippen molar-refractivity contribution in [2.24, 2.45) is 4.99 Å². The highest BCUT2D eigenvalue weighted by atomic mass is 32.2. The Bertz CT molecular complexity index is 1370. The van der Waals surface area contributed by atoms with Crippen molar-refractivity contribution in [3.05, 3.63) is 41.6 Å². The number of ether oxygens (including phenoxy) is 1. The molecular formula is C24H32N8O7S. The molecule has 1 aromatic heterocycles. The maximum Gasteiger partial charge on any atom is 0.414 e. The van der Waals surface area contributed by atoms with Gasteiger partial charge < -0.3 is 30.7 Å². The predicted molar refractivity (Wildman–Crippen MR) is 143 cm³/mol. The molecular weight excluding hydrogens is 544 g/mol. The van der Waals surface area contributed by atoms with Crippen LogP contribution in [0.3, 0.4) is 0 Å². The number of aryl methyl sites for hydroxylation is 2. The highest BCUT2D eigenvalue weighted by Gasteiger charge is 2.28. The van der Waals surface area contributed by atoms with Gasteiger partial charge in [0.2, 0.25) is 15.9 Å². The number of guanidine groups is 1. The van der Waals surface area contributed by atoms with E-state index in [-0.39, 0.29) is 22.4 Å². The molecule has 2 aliphatic rings. The summed E-state index contributed by atoms with van der Waals surface area (Å²) in [5.74, 6) is -1.11. The van der Waals surface area contributed by atoms with E-state index in [1.165, 1.54) is 22.9 Å². The molecule has 3 heterocycles. The van der Waals surface area contributed by atoms with Crippen molar-refractivity contribution in [3.8, 4) is 5.88 Å². The molecule has 2 amide bonds. The van der Waals surface area contributed by atoms with Crippen LogP contribution in [0.25, 0.3) is 0 Å². The Balaban J connectivity index is 1.29. The molecule has 15 nitrogen and oxygen atoms in total. The van der Waals surface area contributed by atoms with Crippen LogP contribution < -0.4 is 25.4 Å². The van der Waals surface area contributed by atoms with Crippen molar-refractivity contribution < 1.29 is 32.6 Å². The van der Waals surface area contributed by atoms with E-state index in [4.69, 9.17) is 4.74 Å². The summed E-state index contributed by atoms with van der Waals surface area (Å²) in [5, 5.41) is 22.2. The van der Waals surface area contributed by atoms with Crippen molar-refractivity contribution >= 4 is 34.0 Å². The van der Waals surface area contributed by atoms with Crippen LogP contribution in [0, 0.1) is 6.92 Å². The zero-order valence-corrected chi connectivity index (χ0v) is 22.7. The summed E-state index contributed by atoms with van der Waals surface area (Å²) in [5.41, 5.74) is 1.11. The number of carbonyl (C=O) groups excluding carboxylic acids is 2. The second-order valence-corrected chi connectivity index (χ2v) is 11.0. The number of hydrogen-bond acceptors (Lipinski definition) is 10. The molecule has 4 rings (SSSR count). The topological polar surface area (TPSA) is 196 Å². The highest BCUT2D eigenvalue weighted by Crippen LogP contribution is 2.18. The third kappa shape index (κ3) is 7.47. The minimum Gasteiger partial charge on any atom is -0.480 e. The van der Waals surface area contributed by atoms with Gasteiger partial charge in [-0.2, -0.15) is 4.72 Å². The first-order valence-corrected chi connectivity index (χ1v) is 14.3. The van der Waals surface area contributed by atoms with Gasteiger partial charge in [-0.3, -0.25) is 19.3 Å². The molecule has 216 valence electrons. The summed E-state index contributed by atoms with van der Waals surface area (Å²) >= 11 is 0. The van der Waals surface area contributed by atoms with E-state index in [9.17, 15) is 27.9 Å². The lowest BCUT2D eigenvalue weighted by molar-refractivity contribution is -0.138. The molecule has 0 spiro atoms. The van der Waals surface area contributed by atoms with Crippen molar-refractivity contribution in [1.29, 1.82) is 0 Å². The molecule has 2 aliphatic heterocycles. The van der Waals surface area contributed by atoms with E-state index in [0.29, 0.717) is 39.0 Å². The van der Waals surface area contributed by atoms with Gasteiger partial charge in [0, 0.05) is 45.3 Å². The van der Waals surface area contributed by atoms with Crippen molar-refractivity contribution in [3.63, 3.8) is 0 Å². The number of benzene rings is 1. The second-order valence-electron chi connectivity index (χ2n) is 9.27. The van der Waals surface area contributed by atoms with Gasteiger partial charge in [0.15, 0.2) is 5.96 Å². The van der Waals surface area contributed by atoms with E-state index in [2.05, 4.69) is 30.8 Å². The average Bonchev–Trinajstić information content (AvgIpc) is 3.55. The number of fused-ring (bicyclic) bond motifs is 1. The molecule has 0 saturated heterocycles. The number of carboxylic acids is 1. The number of nitrogens with zero attached hydrogens (tertiary/aromatic N) is 4. The van der Waals surface area contributed by atoms with Crippen LogP contribution in [0.5, 0.6) is 5.88 Å². The summed E-state index contributed by atoms with van der Waals surface area (Å²) in [7, 11) is -4.15. The molecule has 0 radical (unpaired) electrons. The molecule has 40 heavy (non-hydrogen) atoms. The normalized spacial score (nSPS) is 15.9. The Kier molecular flexibility index (Phi) is 9.21.